The van der Waals surface area contributed by atoms with E-state index in [-0.39, 0.29) is 17.8 Å². The van der Waals surface area contributed by atoms with Gasteiger partial charge in [0.25, 0.3) is 0 Å². The third-order valence-corrected chi connectivity index (χ3v) is 6.96. The predicted octanol–water partition coefficient (Wildman–Crippen LogP) is 4.01. The molecule has 1 aromatic heterocycles. The number of hydrogen-bond acceptors (Lipinski definition) is 7. The number of nitrogens with one attached hydrogen (secondary N) is 1. The van der Waals surface area contributed by atoms with Gasteiger partial charge in [-0.3, -0.25) is 9.59 Å². The third kappa shape index (κ3) is 3.95. The van der Waals surface area contributed by atoms with Crippen LogP contribution in [0.4, 0.5) is 0 Å². The number of dihydropyridines is 1. The quantitative estimate of drug-likeness (QED) is 0.560. The van der Waals surface area contributed by atoms with Gasteiger partial charge in [-0.2, -0.15) is 0 Å². The number of hydrogen-bond donors (Lipinski definition) is 1. The van der Waals surface area contributed by atoms with Gasteiger partial charge in [0.1, 0.15) is 5.92 Å². The van der Waals surface area contributed by atoms with Crippen LogP contribution in [0.5, 0.6) is 0 Å². The number of carbonyl (C=O) groups is 3. The first-order valence-electron chi connectivity index (χ1n) is 10.3. The zero-order valence-electron chi connectivity index (χ0n) is 18.3. The van der Waals surface area contributed by atoms with Crippen molar-refractivity contribution in [2.75, 3.05) is 7.11 Å². The Balaban J connectivity index is 2.13. The van der Waals surface area contributed by atoms with Gasteiger partial charge in [-0.15, -0.1) is 11.3 Å². The minimum absolute atomic E-state index is 0.191. The van der Waals surface area contributed by atoms with Gasteiger partial charge in [0.15, 0.2) is 5.78 Å². The van der Waals surface area contributed by atoms with Crippen LogP contribution in [0.1, 0.15) is 56.2 Å². The van der Waals surface area contributed by atoms with E-state index in [0.29, 0.717) is 29.7 Å². The maximum Gasteiger partial charge on any atom is 0.337 e. The van der Waals surface area contributed by atoms with Crippen LogP contribution in [-0.2, 0) is 23.9 Å². The summed E-state index contributed by atoms with van der Waals surface area (Å²) in [5, 5.41) is 3.28. The number of esters is 2. The number of methoxy groups -OCH3 is 1. The van der Waals surface area contributed by atoms with Crippen molar-refractivity contribution in [1.82, 2.24) is 5.32 Å². The number of ketones is 1. The Bertz CT molecular complexity index is 941. The second-order valence-electron chi connectivity index (χ2n) is 8.11. The van der Waals surface area contributed by atoms with E-state index in [0.717, 1.165) is 15.5 Å². The molecule has 2 heterocycles. The summed E-state index contributed by atoms with van der Waals surface area (Å²) in [7, 11) is 1.30. The molecule has 0 spiro atoms. The van der Waals surface area contributed by atoms with E-state index >= 15 is 0 Å². The molecule has 4 atom stereocenters. The number of Topliss-reactive ketones (excluding diaryl/α,β-unsaturated/α-hetero) is 1. The fraction of sp³-hybridized carbons (Fsp3) is 0.522. The minimum atomic E-state index is -0.871. The minimum Gasteiger partial charge on any atom is -0.468 e. The molecular formula is C23H29NO5S. The van der Waals surface area contributed by atoms with Crippen LogP contribution in [0.25, 0.3) is 0 Å². The fourth-order valence-electron chi connectivity index (χ4n) is 4.17. The van der Waals surface area contributed by atoms with Crippen LogP contribution < -0.4 is 5.32 Å². The maximum absolute atomic E-state index is 13.5. The SMILES string of the molecule is CC[C@@H](C)OC(=O)C1=C(C)NC2=C(C(=O)[C@@H](C(=O)OC)[C@@H](C)C2)[C@@H]1c1ccc(C)s1. The molecule has 1 aromatic rings. The monoisotopic (exact) mass is 431 g/mol. The molecule has 30 heavy (non-hydrogen) atoms. The molecular weight excluding hydrogens is 402 g/mol. The van der Waals surface area contributed by atoms with Crippen LogP contribution in [0.15, 0.2) is 34.7 Å². The largest absolute Gasteiger partial charge is 0.468 e. The Labute approximate surface area is 181 Å². The fourth-order valence-corrected chi connectivity index (χ4v) is 5.17. The number of carbonyl (C=O) groups excluding carboxylic acids is 3. The Kier molecular flexibility index (Phi) is 6.50. The summed E-state index contributed by atoms with van der Waals surface area (Å²) in [6.45, 7) is 9.50. The normalized spacial score (nSPS) is 24.9. The number of rotatable bonds is 5. The Morgan fingerprint density at radius 2 is 2.00 bits per heavy atom. The standard InChI is InChI=1S/C23H29NO5S/c1-7-12(3)29-23(27)18-14(5)24-15-10-11(2)17(22(26)28-6)21(25)19(15)20(18)16-9-8-13(4)30-16/h8-9,11-12,17,20,24H,7,10H2,1-6H3/t11-,12+,17-,20+/m0/s1. The molecule has 0 saturated heterocycles. The molecule has 0 bridgehead atoms. The van der Waals surface area contributed by atoms with Crippen molar-refractivity contribution in [3.8, 4) is 0 Å². The summed E-state index contributed by atoms with van der Waals surface area (Å²) in [4.78, 5) is 41.1. The highest BCUT2D eigenvalue weighted by Gasteiger charge is 2.47. The second-order valence-corrected chi connectivity index (χ2v) is 9.43. The molecule has 7 heteroatoms. The van der Waals surface area contributed by atoms with E-state index in [9.17, 15) is 14.4 Å². The molecule has 1 aliphatic heterocycles. The van der Waals surface area contributed by atoms with Gasteiger partial charge >= 0.3 is 11.9 Å². The molecule has 0 fully saturated rings. The highest BCUT2D eigenvalue weighted by atomic mass is 32.1. The molecule has 0 aromatic carbocycles. The zero-order valence-corrected chi connectivity index (χ0v) is 19.1. The Hall–Kier alpha value is -2.41. The molecule has 2 aliphatic rings. The smallest absolute Gasteiger partial charge is 0.337 e. The lowest BCUT2D eigenvalue weighted by molar-refractivity contribution is -0.151. The molecule has 0 saturated carbocycles. The summed E-state index contributed by atoms with van der Waals surface area (Å²) >= 11 is 1.54. The molecule has 6 nitrogen and oxygen atoms in total. The molecule has 3 rings (SSSR count). The van der Waals surface area contributed by atoms with Crippen molar-refractivity contribution in [3.63, 3.8) is 0 Å². The first-order valence-corrected chi connectivity index (χ1v) is 11.1. The summed E-state index contributed by atoms with van der Waals surface area (Å²) in [6.07, 6.45) is 0.999. The summed E-state index contributed by atoms with van der Waals surface area (Å²) < 4.78 is 10.6. The molecule has 1 aliphatic carbocycles. The first kappa shape index (κ1) is 22.3. The van der Waals surface area contributed by atoms with E-state index in [1.54, 1.807) is 11.3 Å². The van der Waals surface area contributed by atoms with E-state index in [2.05, 4.69) is 5.32 Å². The van der Waals surface area contributed by atoms with Gasteiger partial charge in [0, 0.05) is 26.7 Å². The summed E-state index contributed by atoms with van der Waals surface area (Å²) in [5.41, 5.74) is 2.38. The van der Waals surface area contributed by atoms with Crippen molar-refractivity contribution in [3.05, 3.63) is 44.4 Å². The zero-order chi connectivity index (χ0) is 22.2. The Morgan fingerprint density at radius 3 is 2.57 bits per heavy atom. The van der Waals surface area contributed by atoms with E-state index in [1.165, 1.54) is 7.11 Å². The van der Waals surface area contributed by atoms with Crippen molar-refractivity contribution < 1.29 is 23.9 Å². The molecule has 0 amide bonds. The number of aryl methyl sites for hydroxylation is 1. The molecule has 162 valence electrons. The lowest BCUT2D eigenvalue weighted by Gasteiger charge is -2.38. The average molecular weight is 432 g/mol. The average Bonchev–Trinajstić information content (AvgIpc) is 3.12. The highest BCUT2D eigenvalue weighted by Crippen LogP contribution is 2.47. The summed E-state index contributed by atoms with van der Waals surface area (Å²) in [6, 6.07) is 3.92. The molecule has 0 unspecified atom stereocenters. The van der Waals surface area contributed by atoms with E-state index in [4.69, 9.17) is 9.47 Å². The van der Waals surface area contributed by atoms with Crippen LogP contribution in [0.3, 0.4) is 0 Å². The molecule has 0 radical (unpaired) electrons. The van der Waals surface area contributed by atoms with Crippen molar-refractivity contribution in [1.29, 1.82) is 0 Å². The van der Waals surface area contributed by atoms with Gasteiger partial charge in [0.2, 0.25) is 0 Å². The van der Waals surface area contributed by atoms with Gasteiger partial charge < -0.3 is 14.8 Å². The van der Waals surface area contributed by atoms with E-state index in [1.807, 2.05) is 46.8 Å². The lowest BCUT2D eigenvalue weighted by atomic mass is 9.70. The topological polar surface area (TPSA) is 81.7 Å². The predicted molar refractivity (Wildman–Crippen MR) is 115 cm³/mol. The van der Waals surface area contributed by atoms with E-state index < -0.39 is 23.8 Å². The van der Waals surface area contributed by atoms with Gasteiger partial charge in [-0.05, 0) is 51.7 Å². The Morgan fingerprint density at radius 1 is 1.30 bits per heavy atom. The van der Waals surface area contributed by atoms with Crippen LogP contribution in [0, 0.1) is 18.8 Å². The number of allylic oxidation sites excluding steroid dienone is 3. The second kappa shape index (κ2) is 8.76. The van der Waals surface area contributed by atoms with Crippen molar-refractivity contribution in [2.45, 2.75) is 59.5 Å². The van der Waals surface area contributed by atoms with Gasteiger partial charge in [-0.1, -0.05) is 13.8 Å². The maximum atomic E-state index is 13.5. The van der Waals surface area contributed by atoms with Crippen LogP contribution >= 0.6 is 11.3 Å². The number of thiophene rings is 1. The van der Waals surface area contributed by atoms with Crippen molar-refractivity contribution >= 4 is 29.1 Å². The third-order valence-electron chi connectivity index (χ3n) is 5.89. The summed E-state index contributed by atoms with van der Waals surface area (Å²) in [5.74, 6) is -2.86. The highest BCUT2D eigenvalue weighted by molar-refractivity contribution is 7.12. The van der Waals surface area contributed by atoms with Crippen LogP contribution in [-0.4, -0.2) is 30.9 Å². The van der Waals surface area contributed by atoms with Gasteiger partial charge in [-0.25, -0.2) is 4.79 Å². The van der Waals surface area contributed by atoms with Crippen LogP contribution in [0.2, 0.25) is 0 Å². The van der Waals surface area contributed by atoms with Crippen molar-refractivity contribution in [2.24, 2.45) is 11.8 Å². The number of ether oxygens (including phenoxy) is 2. The molecule has 1 N–H and O–H groups in total. The van der Waals surface area contributed by atoms with Gasteiger partial charge in [0.05, 0.1) is 24.7 Å². The first-order chi connectivity index (χ1) is 14.2. The lowest BCUT2D eigenvalue weighted by Crippen LogP contribution is -2.43.